The van der Waals surface area contributed by atoms with Gasteiger partial charge in [-0.15, -0.1) is 6.58 Å². The number of carbonyl (C=O) groups excluding carboxylic acids is 1. The maximum absolute atomic E-state index is 13.2. The number of allylic oxidation sites excluding steroid dienone is 1. The number of nitrogens with one attached hydrogen (secondary N) is 3. The van der Waals surface area contributed by atoms with Crippen molar-refractivity contribution >= 4 is 34.5 Å². The number of pyridine rings is 1. The van der Waals surface area contributed by atoms with Crippen LogP contribution in [-0.4, -0.2) is 50.0 Å². The Bertz CT molecular complexity index is 1560. The molecule has 0 aliphatic carbocycles. The van der Waals surface area contributed by atoms with Gasteiger partial charge in [-0.05, 0) is 42.3 Å². The van der Waals surface area contributed by atoms with Crippen molar-refractivity contribution in [1.29, 1.82) is 0 Å². The second-order valence-electron chi connectivity index (χ2n) is 8.71. The molecule has 182 valence electrons. The molecule has 11 heteroatoms. The fraction of sp³-hybridized carbons (Fsp3) is 0.240. The SMILES string of the molecule is C=CCn1c(=O)c2cnc(Nc3ccc4c(c3)CCNC4)nc2n1-c1ccnc(N2CCNC2=O)c1. The molecule has 0 spiro atoms. The Morgan fingerprint density at radius 1 is 1.11 bits per heavy atom. The van der Waals surface area contributed by atoms with Gasteiger partial charge < -0.3 is 16.0 Å². The van der Waals surface area contributed by atoms with Crippen LogP contribution in [0.1, 0.15) is 11.1 Å². The Morgan fingerprint density at radius 3 is 2.86 bits per heavy atom. The van der Waals surface area contributed by atoms with Gasteiger partial charge in [0.25, 0.3) is 5.56 Å². The molecule has 0 unspecified atom stereocenters. The quantitative estimate of drug-likeness (QED) is 0.359. The Hall–Kier alpha value is -4.51. The molecule has 0 radical (unpaired) electrons. The summed E-state index contributed by atoms with van der Waals surface area (Å²) in [6, 6.07) is 9.58. The van der Waals surface area contributed by atoms with Crippen molar-refractivity contribution in [2.45, 2.75) is 19.5 Å². The first kappa shape index (κ1) is 22.0. The van der Waals surface area contributed by atoms with Crippen LogP contribution in [0.5, 0.6) is 0 Å². The lowest BCUT2D eigenvalue weighted by Crippen LogP contribution is -2.28. The molecule has 1 saturated heterocycles. The van der Waals surface area contributed by atoms with Crippen molar-refractivity contribution in [3.63, 3.8) is 0 Å². The second-order valence-corrected chi connectivity index (χ2v) is 8.71. The zero-order chi connectivity index (χ0) is 24.6. The van der Waals surface area contributed by atoms with Crippen molar-refractivity contribution in [2.75, 3.05) is 29.9 Å². The molecule has 0 saturated carbocycles. The van der Waals surface area contributed by atoms with Gasteiger partial charge in [0, 0.05) is 43.8 Å². The van der Waals surface area contributed by atoms with Crippen LogP contribution in [0.3, 0.4) is 0 Å². The van der Waals surface area contributed by atoms with E-state index in [9.17, 15) is 9.59 Å². The number of rotatable bonds is 6. The van der Waals surface area contributed by atoms with Crippen molar-refractivity contribution in [2.24, 2.45) is 0 Å². The molecule has 5 heterocycles. The van der Waals surface area contributed by atoms with E-state index in [4.69, 9.17) is 4.98 Å². The van der Waals surface area contributed by atoms with Crippen LogP contribution in [0.15, 0.2) is 60.2 Å². The standard InChI is InChI=1S/C25H25N9O2/c1-2-10-33-23(35)20-15-29-24(30-18-4-3-17-14-26-7-5-16(17)12-18)31-22(20)34(33)19-6-8-27-21(13-19)32-11-9-28-25(32)36/h2-4,6,8,12-13,15,26H,1,5,7,9-11,14H2,(H,28,36)(H,29,30,31). The first-order chi connectivity index (χ1) is 17.6. The van der Waals surface area contributed by atoms with E-state index >= 15 is 0 Å². The number of nitrogens with zero attached hydrogens (tertiary/aromatic N) is 6. The van der Waals surface area contributed by atoms with Crippen LogP contribution in [0, 0.1) is 0 Å². The third-order valence-electron chi connectivity index (χ3n) is 6.43. The van der Waals surface area contributed by atoms with Crippen molar-refractivity contribution < 1.29 is 4.79 Å². The highest BCUT2D eigenvalue weighted by Crippen LogP contribution is 2.24. The zero-order valence-corrected chi connectivity index (χ0v) is 19.6. The van der Waals surface area contributed by atoms with Gasteiger partial charge in [-0.3, -0.25) is 9.69 Å². The summed E-state index contributed by atoms with van der Waals surface area (Å²) in [7, 11) is 0. The molecule has 3 aromatic heterocycles. The highest BCUT2D eigenvalue weighted by atomic mass is 16.2. The predicted molar refractivity (Wildman–Crippen MR) is 137 cm³/mol. The topological polar surface area (TPSA) is 122 Å². The number of fused-ring (bicyclic) bond motifs is 2. The summed E-state index contributed by atoms with van der Waals surface area (Å²) >= 11 is 0. The van der Waals surface area contributed by atoms with Crippen molar-refractivity contribution in [1.82, 2.24) is 34.9 Å². The van der Waals surface area contributed by atoms with E-state index in [1.54, 1.807) is 44.9 Å². The number of hydrogen-bond donors (Lipinski definition) is 3. The van der Waals surface area contributed by atoms with E-state index in [2.05, 4.69) is 44.6 Å². The summed E-state index contributed by atoms with van der Waals surface area (Å²) in [6.07, 6.45) is 5.78. The molecule has 6 rings (SSSR count). The second kappa shape index (κ2) is 8.93. The van der Waals surface area contributed by atoms with Crippen molar-refractivity contribution in [3.05, 3.63) is 76.9 Å². The molecule has 0 atom stereocenters. The zero-order valence-electron chi connectivity index (χ0n) is 19.6. The lowest BCUT2D eigenvalue weighted by atomic mass is 10.0. The molecule has 1 fully saturated rings. The van der Waals surface area contributed by atoms with Crippen molar-refractivity contribution in [3.8, 4) is 5.69 Å². The lowest BCUT2D eigenvalue weighted by molar-refractivity contribution is 0.252. The highest BCUT2D eigenvalue weighted by molar-refractivity contribution is 5.93. The van der Waals surface area contributed by atoms with Gasteiger partial charge in [0.15, 0.2) is 5.65 Å². The summed E-state index contributed by atoms with van der Waals surface area (Å²) in [5.41, 5.74) is 4.35. The molecular formula is C25H25N9O2. The minimum Gasteiger partial charge on any atom is -0.336 e. The largest absolute Gasteiger partial charge is 0.336 e. The van der Waals surface area contributed by atoms with E-state index < -0.39 is 0 Å². The van der Waals surface area contributed by atoms with E-state index in [0.29, 0.717) is 41.6 Å². The number of hydrogen-bond acceptors (Lipinski definition) is 7. The summed E-state index contributed by atoms with van der Waals surface area (Å²) in [6.45, 7) is 6.98. The van der Waals surface area contributed by atoms with Crippen LogP contribution in [-0.2, 0) is 19.5 Å². The van der Waals surface area contributed by atoms with Crippen LogP contribution in [0.4, 0.5) is 22.2 Å². The maximum atomic E-state index is 13.2. The van der Waals surface area contributed by atoms with E-state index in [0.717, 1.165) is 25.2 Å². The van der Waals surface area contributed by atoms with Crippen LogP contribution < -0.4 is 26.4 Å². The summed E-state index contributed by atoms with van der Waals surface area (Å²) < 4.78 is 3.27. The Kier molecular flexibility index (Phi) is 5.45. The number of amides is 2. The molecular weight excluding hydrogens is 458 g/mol. The Balaban J connectivity index is 1.44. The van der Waals surface area contributed by atoms with Gasteiger partial charge in [0.2, 0.25) is 5.95 Å². The Labute approximate surface area is 206 Å². The number of benzene rings is 1. The Morgan fingerprint density at radius 2 is 2.03 bits per heavy atom. The monoisotopic (exact) mass is 483 g/mol. The number of urea groups is 1. The molecule has 11 nitrogen and oxygen atoms in total. The average molecular weight is 484 g/mol. The fourth-order valence-electron chi connectivity index (χ4n) is 4.70. The van der Waals surface area contributed by atoms with Gasteiger partial charge in [-0.1, -0.05) is 12.1 Å². The van der Waals surface area contributed by atoms with Gasteiger partial charge in [-0.2, -0.15) is 4.98 Å². The normalized spacial score (nSPS) is 15.1. The maximum Gasteiger partial charge on any atom is 0.323 e. The van der Waals surface area contributed by atoms with Gasteiger partial charge in [0.05, 0.1) is 12.2 Å². The molecule has 2 aliphatic rings. The third kappa shape index (κ3) is 3.79. The summed E-state index contributed by atoms with van der Waals surface area (Å²) in [5.74, 6) is 0.881. The smallest absolute Gasteiger partial charge is 0.323 e. The predicted octanol–water partition coefficient (Wildman–Crippen LogP) is 2.08. The van der Waals surface area contributed by atoms with E-state index in [1.807, 2.05) is 6.07 Å². The fourth-order valence-corrected chi connectivity index (χ4v) is 4.70. The molecule has 2 aliphatic heterocycles. The van der Waals surface area contributed by atoms with Crippen LogP contribution >= 0.6 is 0 Å². The number of carbonyl (C=O) groups is 1. The lowest BCUT2D eigenvalue weighted by Gasteiger charge is -2.18. The highest BCUT2D eigenvalue weighted by Gasteiger charge is 2.24. The molecule has 36 heavy (non-hydrogen) atoms. The first-order valence-corrected chi connectivity index (χ1v) is 11.8. The van der Waals surface area contributed by atoms with Crippen LogP contribution in [0.2, 0.25) is 0 Å². The summed E-state index contributed by atoms with van der Waals surface area (Å²) in [5, 5.41) is 9.83. The van der Waals surface area contributed by atoms with Gasteiger partial charge >= 0.3 is 6.03 Å². The molecule has 4 aromatic rings. The number of anilines is 3. The van der Waals surface area contributed by atoms with Gasteiger partial charge in [0.1, 0.15) is 11.2 Å². The summed E-state index contributed by atoms with van der Waals surface area (Å²) in [4.78, 5) is 40.5. The van der Waals surface area contributed by atoms with E-state index in [1.165, 1.54) is 11.1 Å². The third-order valence-corrected chi connectivity index (χ3v) is 6.43. The molecule has 2 amide bonds. The minimum absolute atomic E-state index is 0.199. The molecule has 0 bridgehead atoms. The van der Waals surface area contributed by atoms with Crippen LogP contribution in [0.25, 0.3) is 16.7 Å². The minimum atomic E-state index is -0.227. The first-order valence-electron chi connectivity index (χ1n) is 11.8. The molecule has 1 aromatic carbocycles. The van der Waals surface area contributed by atoms with E-state index in [-0.39, 0.29) is 18.1 Å². The van der Waals surface area contributed by atoms with Gasteiger partial charge in [-0.25, -0.2) is 24.1 Å². The number of aromatic nitrogens is 5. The molecule has 3 N–H and O–H groups in total. The average Bonchev–Trinajstić information content (AvgIpc) is 3.45.